The first-order chi connectivity index (χ1) is 10.1. The van der Waals surface area contributed by atoms with Crippen LogP contribution in [0.15, 0.2) is 0 Å². The van der Waals surface area contributed by atoms with E-state index in [1.54, 1.807) is 0 Å². The van der Waals surface area contributed by atoms with Crippen LogP contribution in [0.1, 0.15) is 59.3 Å². The molecule has 1 atom stereocenters. The van der Waals surface area contributed by atoms with Gasteiger partial charge in [0.1, 0.15) is 0 Å². The first kappa shape index (κ1) is 17.6. The van der Waals surface area contributed by atoms with E-state index in [4.69, 9.17) is 0 Å². The fraction of sp³-hybridized carbons (Fsp3) is 1.00. The van der Waals surface area contributed by atoms with Gasteiger partial charge < -0.3 is 10.2 Å². The first-order valence-corrected chi connectivity index (χ1v) is 10.2. The normalized spacial score (nSPS) is 27.7. The van der Waals surface area contributed by atoms with Gasteiger partial charge in [0, 0.05) is 37.2 Å². The summed E-state index contributed by atoms with van der Waals surface area (Å²) in [5.74, 6) is 2.09. The van der Waals surface area contributed by atoms with Crippen LogP contribution in [-0.4, -0.2) is 48.6 Å². The van der Waals surface area contributed by atoms with E-state index in [2.05, 4.69) is 42.7 Å². The van der Waals surface area contributed by atoms with Crippen LogP contribution in [0.5, 0.6) is 0 Å². The first-order valence-electron chi connectivity index (χ1n) is 9.14. The minimum Gasteiger partial charge on any atom is -0.316 e. The third kappa shape index (κ3) is 6.11. The van der Waals surface area contributed by atoms with Gasteiger partial charge in [-0.1, -0.05) is 46.5 Å². The summed E-state index contributed by atoms with van der Waals surface area (Å²) < 4.78 is 0. The number of rotatable bonds is 6. The van der Waals surface area contributed by atoms with Gasteiger partial charge in [-0.25, -0.2) is 0 Å². The van der Waals surface area contributed by atoms with Gasteiger partial charge in [-0.3, -0.25) is 0 Å². The topological polar surface area (TPSA) is 15.3 Å². The van der Waals surface area contributed by atoms with E-state index < -0.39 is 0 Å². The highest BCUT2D eigenvalue weighted by Gasteiger charge is 2.33. The number of hydrogen-bond acceptors (Lipinski definition) is 3. The molecular weight excluding hydrogens is 276 g/mol. The number of hydrogen-bond donors (Lipinski definition) is 1. The predicted octanol–water partition coefficient (Wildman–Crippen LogP) is 4.01. The van der Waals surface area contributed by atoms with Crippen LogP contribution in [0.3, 0.4) is 0 Å². The van der Waals surface area contributed by atoms with Crippen LogP contribution in [0.2, 0.25) is 0 Å². The molecule has 3 heteroatoms. The lowest BCUT2D eigenvalue weighted by atomic mass is 9.79. The standard InChI is InChI=1S/C18H36N2S/c1-16(2)12-19-14-18(8-6-4-5-7-9-18)15-20-10-11-21-17(3)13-20/h16-17,19H,4-15H2,1-3H3. The smallest absolute Gasteiger partial charge is 0.0147 e. The molecular formula is C18H36N2S. The maximum absolute atomic E-state index is 3.79. The molecule has 1 saturated heterocycles. The van der Waals surface area contributed by atoms with Gasteiger partial charge >= 0.3 is 0 Å². The Labute approximate surface area is 136 Å². The monoisotopic (exact) mass is 312 g/mol. The molecule has 1 aliphatic heterocycles. The Bertz CT molecular complexity index is 285. The van der Waals surface area contributed by atoms with Crippen molar-refractivity contribution in [3.8, 4) is 0 Å². The van der Waals surface area contributed by atoms with Gasteiger partial charge in [-0.2, -0.15) is 11.8 Å². The zero-order valence-electron chi connectivity index (χ0n) is 14.5. The lowest BCUT2D eigenvalue weighted by Crippen LogP contribution is -2.48. The van der Waals surface area contributed by atoms with Crippen molar-refractivity contribution in [2.75, 3.05) is 38.5 Å². The van der Waals surface area contributed by atoms with Crippen molar-refractivity contribution < 1.29 is 0 Å². The van der Waals surface area contributed by atoms with E-state index >= 15 is 0 Å². The minimum absolute atomic E-state index is 0.549. The summed E-state index contributed by atoms with van der Waals surface area (Å²) in [6, 6.07) is 0. The minimum atomic E-state index is 0.549. The second-order valence-corrected chi connectivity index (χ2v) is 9.40. The summed E-state index contributed by atoms with van der Waals surface area (Å²) in [5, 5.41) is 4.62. The van der Waals surface area contributed by atoms with Crippen LogP contribution in [0, 0.1) is 11.3 Å². The van der Waals surface area contributed by atoms with Crippen LogP contribution in [-0.2, 0) is 0 Å². The number of nitrogens with zero attached hydrogens (tertiary/aromatic N) is 1. The maximum atomic E-state index is 3.79. The molecule has 0 aromatic heterocycles. The van der Waals surface area contributed by atoms with Crippen LogP contribution in [0.4, 0.5) is 0 Å². The van der Waals surface area contributed by atoms with Crippen molar-refractivity contribution in [3.05, 3.63) is 0 Å². The molecule has 1 unspecified atom stereocenters. The molecule has 0 spiro atoms. The molecule has 1 N–H and O–H groups in total. The molecule has 0 radical (unpaired) electrons. The molecule has 0 amide bonds. The number of nitrogens with one attached hydrogen (secondary N) is 1. The summed E-state index contributed by atoms with van der Waals surface area (Å²) in [6.07, 6.45) is 8.69. The van der Waals surface area contributed by atoms with E-state index in [0.717, 1.165) is 11.2 Å². The second kappa shape index (κ2) is 8.79. The molecule has 124 valence electrons. The van der Waals surface area contributed by atoms with Gasteiger partial charge in [0.25, 0.3) is 0 Å². The van der Waals surface area contributed by atoms with Gasteiger partial charge in [-0.15, -0.1) is 0 Å². The lowest BCUT2D eigenvalue weighted by molar-refractivity contribution is 0.129. The van der Waals surface area contributed by atoms with E-state index in [9.17, 15) is 0 Å². The van der Waals surface area contributed by atoms with E-state index in [0.29, 0.717) is 5.41 Å². The van der Waals surface area contributed by atoms with Gasteiger partial charge in [-0.05, 0) is 30.7 Å². The highest BCUT2D eigenvalue weighted by Crippen LogP contribution is 2.36. The fourth-order valence-electron chi connectivity index (χ4n) is 4.00. The van der Waals surface area contributed by atoms with Crippen LogP contribution in [0.25, 0.3) is 0 Å². The van der Waals surface area contributed by atoms with E-state index in [1.807, 2.05) is 0 Å². The van der Waals surface area contributed by atoms with Crippen LogP contribution >= 0.6 is 11.8 Å². The molecule has 0 aromatic rings. The van der Waals surface area contributed by atoms with Crippen molar-refractivity contribution in [1.29, 1.82) is 0 Å². The Morgan fingerprint density at radius 1 is 1.19 bits per heavy atom. The van der Waals surface area contributed by atoms with Crippen molar-refractivity contribution in [2.24, 2.45) is 11.3 Å². The van der Waals surface area contributed by atoms with Crippen molar-refractivity contribution in [3.63, 3.8) is 0 Å². The molecule has 0 aromatic carbocycles. The molecule has 1 saturated carbocycles. The zero-order valence-corrected chi connectivity index (χ0v) is 15.3. The molecule has 0 bridgehead atoms. The molecule has 2 fully saturated rings. The Kier molecular flexibility index (Phi) is 7.37. The van der Waals surface area contributed by atoms with Crippen molar-refractivity contribution >= 4 is 11.8 Å². The molecule has 2 nitrogen and oxygen atoms in total. The average molecular weight is 313 g/mol. The third-order valence-electron chi connectivity index (χ3n) is 5.10. The van der Waals surface area contributed by atoms with Gasteiger partial charge in [0.15, 0.2) is 0 Å². The Morgan fingerprint density at radius 3 is 2.52 bits per heavy atom. The summed E-state index contributed by atoms with van der Waals surface area (Å²) in [4.78, 5) is 2.77. The van der Waals surface area contributed by atoms with Crippen LogP contribution < -0.4 is 5.32 Å². The highest BCUT2D eigenvalue weighted by molar-refractivity contribution is 7.99. The highest BCUT2D eigenvalue weighted by atomic mass is 32.2. The van der Waals surface area contributed by atoms with Crippen molar-refractivity contribution in [2.45, 2.75) is 64.5 Å². The Morgan fingerprint density at radius 2 is 1.90 bits per heavy atom. The Balaban J connectivity index is 1.93. The molecule has 2 aliphatic rings. The van der Waals surface area contributed by atoms with Crippen molar-refractivity contribution in [1.82, 2.24) is 10.2 Å². The Hall–Kier alpha value is 0.270. The second-order valence-electron chi connectivity index (χ2n) is 7.86. The average Bonchev–Trinajstić information content (AvgIpc) is 2.64. The quantitative estimate of drug-likeness (QED) is 0.746. The van der Waals surface area contributed by atoms with Gasteiger partial charge in [0.2, 0.25) is 0 Å². The van der Waals surface area contributed by atoms with Gasteiger partial charge in [0.05, 0.1) is 0 Å². The molecule has 1 heterocycles. The predicted molar refractivity (Wildman–Crippen MR) is 96.2 cm³/mol. The largest absolute Gasteiger partial charge is 0.316 e. The fourth-order valence-corrected chi connectivity index (χ4v) is 5.09. The summed E-state index contributed by atoms with van der Waals surface area (Å²) >= 11 is 2.15. The summed E-state index contributed by atoms with van der Waals surface area (Å²) in [6.45, 7) is 13.4. The zero-order chi connectivity index (χ0) is 15.1. The van der Waals surface area contributed by atoms with E-state index in [-0.39, 0.29) is 0 Å². The third-order valence-corrected chi connectivity index (χ3v) is 6.24. The lowest BCUT2D eigenvalue weighted by Gasteiger charge is -2.41. The summed E-state index contributed by atoms with van der Waals surface area (Å²) in [7, 11) is 0. The maximum Gasteiger partial charge on any atom is 0.0147 e. The van der Waals surface area contributed by atoms with E-state index in [1.165, 1.54) is 77.0 Å². The SMILES string of the molecule is CC(C)CNCC1(CN2CCSC(C)C2)CCCCCC1. The number of thioether (sulfide) groups is 1. The summed E-state index contributed by atoms with van der Waals surface area (Å²) in [5.41, 5.74) is 0.549. The molecule has 1 aliphatic carbocycles. The molecule has 2 rings (SSSR count). The molecule has 21 heavy (non-hydrogen) atoms.